The van der Waals surface area contributed by atoms with Crippen LogP contribution in [0.2, 0.25) is 0 Å². The summed E-state index contributed by atoms with van der Waals surface area (Å²) in [5.41, 5.74) is 8.68. The topological polar surface area (TPSA) is 114 Å². The zero-order valence-electron chi connectivity index (χ0n) is 16.4. The molecule has 0 radical (unpaired) electrons. The fourth-order valence-electron chi connectivity index (χ4n) is 3.25. The number of rotatable bonds is 10. The smallest absolute Gasteiger partial charge is 0.338 e. The van der Waals surface area contributed by atoms with Gasteiger partial charge in [0.05, 0.1) is 11.7 Å². The monoisotopic (exact) mass is 391 g/mol. The predicted octanol–water partition coefficient (Wildman–Crippen LogP) is 3.84. The first kappa shape index (κ1) is 22.2. The average molecular weight is 391 g/mol. The lowest BCUT2D eigenvalue weighted by molar-refractivity contribution is -0.283. The molecule has 2 unspecified atom stereocenters. The minimum Gasteiger partial charge on any atom is -0.451 e. The van der Waals surface area contributed by atoms with Crippen LogP contribution in [0.4, 0.5) is 0 Å². The van der Waals surface area contributed by atoms with Crippen molar-refractivity contribution in [3.8, 4) is 0 Å². The maximum Gasteiger partial charge on any atom is 0.338 e. The molecule has 1 heterocycles. The molecular weight excluding hydrogens is 362 g/mol. The van der Waals surface area contributed by atoms with Gasteiger partial charge in [0, 0.05) is 24.0 Å². The fourth-order valence-corrected chi connectivity index (χ4v) is 3.25. The molecule has 1 saturated heterocycles. The molecule has 0 amide bonds. The maximum absolute atomic E-state index is 12.5. The number of aliphatic hydroxyl groups excluding tert-OH is 1. The van der Waals surface area contributed by atoms with Crippen molar-refractivity contribution in [3.63, 3.8) is 0 Å². The van der Waals surface area contributed by atoms with Crippen LogP contribution in [0.5, 0.6) is 0 Å². The van der Waals surface area contributed by atoms with Gasteiger partial charge in [-0.25, -0.2) is 4.79 Å². The lowest BCUT2D eigenvalue weighted by Crippen LogP contribution is -2.56. The van der Waals surface area contributed by atoms with Crippen LogP contribution < -0.4 is 0 Å². The quantitative estimate of drug-likeness (QED) is 0.214. The molecule has 2 rings (SSSR count). The second-order valence-electron chi connectivity index (χ2n) is 6.92. The van der Waals surface area contributed by atoms with Crippen molar-refractivity contribution in [3.05, 3.63) is 46.3 Å². The zero-order chi connectivity index (χ0) is 20.4. The molecule has 154 valence electrons. The summed E-state index contributed by atoms with van der Waals surface area (Å²) in [6.45, 7) is 4.73. The SMILES string of the molecule is CCC1O[C@H](OCCCCCN=[N+]=[N-])C(OC(=O)c2ccccc2)[C@@H](O)[C@@H]1C. The van der Waals surface area contributed by atoms with Crippen molar-refractivity contribution in [1.29, 1.82) is 0 Å². The van der Waals surface area contributed by atoms with Crippen molar-refractivity contribution in [2.75, 3.05) is 13.2 Å². The van der Waals surface area contributed by atoms with Crippen LogP contribution in [-0.4, -0.2) is 48.8 Å². The number of hydrogen-bond acceptors (Lipinski definition) is 6. The Balaban J connectivity index is 1.96. The van der Waals surface area contributed by atoms with E-state index in [1.807, 2.05) is 19.9 Å². The minimum absolute atomic E-state index is 0.170. The molecule has 8 nitrogen and oxygen atoms in total. The van der Waals surface area contributed by atoms with E-state index in [4.69, 9.17) is 19.7 Å². The van der Waals surface area contributed by atoms with Crippen LogP contribution in [0.1, 0.15) is 49.9 Å². The molecule has 0 saturated carbocycles. The second-order valence-corrected chi connectivity index (χ2v) is 6.92. The Morgan fingerprint density at radius 2 is 2.04 bits per heavy atom. The number of carbonyl (C=O) groups excluding carboxylic acids is 1. The van der Waals surface area contributed by atoms with Gasteiger partial charge in [0.25, 0.3) is 0 Å². The van der Waals surface area contributed by atoms with Crippen molar-refractivity contribution >= 4 is 5.97 Å². The largest absolute Gasteiger partial charge is 0.451 e. The summed E-state index contributed by atoms with van der Waals surface area (Å²) in [5.74, 6) is -0.694. The second kappa shape index (κ2) is 11.7. The lowest BCUT2D eigenvalue weighted by Gasteiger charge is -2.42. The number of azide groups is 1. The summed E-state index contributed by atoms with van der Waals surface area (Å²) in [7, 11) is 0. The Kier molecular flexibility index (Phi) is 9.23. The lowest BCUT2D eigenvalue weighted by atomic mass is 9.89. The highest BCUT2D eigenvalue weighted by molar-refractivity contribution is 5.89. The van der Waals surface area contributed by atoms with Gasteiger partial charge in [-0.2, -0.15) is 0 Å². The van der Waals surface area contributed by atoms with Gasteiger partial charge in [0.2, 0.25) is 0 Å². The van der Waals surface area contributed by atoms with E-state index in [9.17, 15) is 9.90 Å². The van der Waals surface area contributed by atoms with Gasteiger partial charge in [-0.15, -0.1) is 0 Å². The molecule has 1 fully saturated rings. The van der Waals surface area contributed by atoms with Gasteiger partial charge in [0.15, 0.2) is 12.4 Å². The maximum atomic E-state index is 12.5. The molecule has 1 aliphatic heterocycles. The number of carbonyl (C=O) groups is 1. The molecule has 1 aromatic rings. The predicted molar refractivity (Wildman–Crippen MR) is 104 cm³/mol. The first-order valence-electron chi connectivity index (χ1n) is 9.80. The van der Waals surface area contributed by atoms with Crippen molar-refractivity contribution in [2.45, 2.75) is 64.1 Å². The number of ether oxygens (including phenoxy) is 3. The summed E-state index contributed by atoms with van der Waals surface area (Å²) in [6.07, 6.45) is 0.346. The zero-order valence-corrected chi connectivity index (χ0v) is 16.4. The number of benzene rings is 1. The average Bonchev–Trinajstić information content (AvgIpc) is 2.72. The number of nitrogens with zero attached hydrogens (tertiary/aromatic N) is 3. The summed E-state index contributed by atoms with van der Waals surface area (Å²) in [5, 5.41) is 14.2. The molecule has 0 bridgehead atoms. The van der Waals surface area contributed by atoms with Crippen LogP contribution >= 0.6 is 0 Å². The normalized spacial score (nSPS) is 27.0. The summed E-state index contributed by atoms with van der Waals surface area (Å²) in [6, 6.07) is 8.65. The first-order chi connectivity index (χ1) is 13.6. The highest BCUT2D eigenvalue weighted by Gasteiger charge is 2.45. The summed E-state index contributed by atoms with van der Waals surface area (Å²) in [4.78, 5) is 15.2. The van der Waals surface area contributed by atoms with Crippen LogP contribution in [-0.2, 0) is 14.2 Å². The summed E-state index contributed by atoms with van der Waals surface area (Å²) >= 11 is 0. The van der Waals surface area contributed by atoms with Gasteiger partial charge < -0.3 is 19.3 Å². The van der Waals surface area contributed by atoms with Crippen molar-refractivity contribution in [1.82, 2.24) is 0 Å². The van der Waals surface area contributed by atoms with E-state index in [-0.39, 0.29) is 12.0 Å². The van der Waals surface area contributed by atoms with E-state index < -0.39 is 24.5 Å². The Labute approximate surface area is 165 Å². The molecule has 0 aromatic heterocycles. The van der Waals surface area contributed by atoms with Gasteiger partial charge in [-0.05, 0) is 36.9 Å². The van der Waals surface area contributed by atoms with Gasteiger partial charge >= 0.3 is 5.97 Å². The molecule has 1 aliphatic rings. The minimum atomic E-state index is -0.895. The molecule has 1 N–H and O–H groups in total. The molecule has 0 aliphatic carbocycles. The van der Waals surface area contributed by atoms with Crippen LogP contribution in [0.25, 0.3) is 10.4 Å². The summed E-state index contributed by atoms with van der Waals surface area (Å²) < 4.78 is 17.4. The molecule has 8 heteroatoms. The standard InChI is InChI=1S/C20H29N3O5/c1-3-16-14(2)17(24)18(28-19(25)15-10-6-4-7-11-15)20(27-16)26-13-9-5-8-12-22-23-21/h4,6-7,10-11,14,16-18,20,24H,3,5,8-9,12-13H2,1-2H3/t14-,16?,17+,18?,20+/m1/s1. The number of hydrogen-bond donors (Lipinski definition) is 1. The number of unbranched alkanes of at least 4 members (excludes halogenated alkanes) is 2. The van der Waals surface area contributed by atoms with Crippen LogP contribution in [0, 0.1) is 5.92 Å². The Bertz CT molecular complexity index is 651. The van der Waals surface area contributed by atoms with E-state index in [1.165, 1.54) is 0 Å². The third-order valence-corrected chi connectivity index (χ3v) is 4.94. The molecule has 5 atom stereocenters. The van der Waals surface area contributed by atoms with Crippen molar-refractivity contribution in [2.24, 2.45) is 11.0 Å². The molecule has 0 spiro atoms. The van der Waals surface area contributed by atoms with Crippen LogP contribution in [0.3, 0.4) is 0 Å². The first-order valence-corrected chi connectivity index (χ1v) is 9.80. The fraction of sp³-hybridized carbons (Fsp3) is 0.650. The van der Waals surface area contributed by atoms with E-state index in [1.54, 1.807) is 24.3 Å². The Morgan fingerprint density at radius 3 is 2.71 bits per heavy atom. The van der Waals surface area contributed by atoms with E-state index in [2.05, 4.69) is 10.0 Å². The van der Waals surface area contributed by atoms with Gasteiger partial charge in [-0.1, -0.05) is 43.6 Å². The highest BCUT2D eigenvalue weighted by Crippen LogP contribution is 2.31. The van der Waals surface area contributed by atoms with Crippen molar-refractivity contribution < 1.29 is 24.1 Å². The Hall–Kier alpha value is -2.12. The molecule has 1 aromatic carbocycles. The van der Waals surface area contributed by atoms with E-state index >= 15 is 0 Å². The van der Waals surface area contributed by atoms with Gasteiger partial charge in [-0.3, -0.25) is 0 Å². The number of aliphatic hydroxyl groups is 1. The van der Waals surface area contributed by atoms with E-state index in [0.29, 0.717) is 18.7 Å². The highest BCUT2D eigenvalue weighted by atomic mass is 16.7. The third-order valence-electron chi connectivity index (χ3n) is 4.94. The Morgan fingerprint density at radius 1 is 1.29 bits per heavy atom. The van der Waals surface area contributed by atoms with E-state index in [0.717, 1.165) is 25.7 Å². The molecular formula is C20H29N3O5. The third kappa shape index (κ3) is 6.21. The molecule has 28 heavy (non-hydrogen) atoms. The van der Waals surface area contributed by atoms with Gasteiger partial charge in [0.1, 0.15) is 6.10 Å². The number of esters is 1. The van der Waals surface area contributed by atoms with Crippen LogP contribution in [0.15, 0.2) is 35.4 Å².